The first kappa shape index (κ1) is 16.3. The third kappa shape index (κ3) is 3.18. The molecule has 0 saturated carbocycles. The van der Waals surface area contributed by atoms with Gasteiger partial charge in [-0.1, -0.05) is 13.8 Å². The molecular formula is C17H24N6O2. The molecular weight excluding hydrogens is 320 g/mol. The van der Waals surface area contributed by atoms with Gasteiger partial charge in [0, 0.05) is 38.3 Å². The van der Waals surface area contributed by atoms with E-state index in [1.54, 1.807) is 0 Å². The highest BCUT2D eigenvalue weighted by Gasteiger charge is 2.43. The number of aromatic nitrogens is 2. The monoisotopic (exact) mass is 344 g/mol. The minimum atomic E-state index is -0.387. The molecule has 3 atom stereocenters. The van der Waals surface area contributed by atoms with Crippen molar-refractivity contribution in [2.24, 2.45) is 11.8 Å². The lowest BCUT2D eigenvalue weighted by Gasteiger charge is -2.32. The second-order valence-corrected chi connectivity index (χ2v) is 7.55. The Morgan fingerprint density at radius 1 is 1.16 bits per heavy atom. The van der Waals surface area contributed by atoms with Crippen molar-refractivity contribution in [3.05, 3.63) is 18.1 Å². The molecule has 0 bridgehead atoms. The molecule has 0 aliphatic carbocycles. The van der Waals surface area contributed by atoms with Gasteiger partial charge in [-0.05, 0) is 17.9 Å². The van der Waals surface area contributed by atoms with Crippen molar-refractivity contribution < 1.29 is 9.59 Å². The molecule has 0 radical (unpaired) electrons. The molecule has 3 fully saturated rings. The van der Waals surface area contributed by atoms with Crippen LogP contribution in [-0.4, -0.2) is 59.2 Å². The van der Waals surface area contributed by atoms with E-state index < -0.39 is 0 Å². The first-order valence-electron chi connectivity index (χ1n) is 8.92. The van der Waals surface area contributed by atoms with Crippen LogP contribution in [-0.2, 0) is 4.79 Å². The summed E-state index contributed by atoms with van der Waals surface area (Å²) in [5.41, 5.74) is 0. The van der Waals surface area contributed by atoms with E-state index in [4.69, 9.17) is 4.98 Å². The number of amides is 3. The van der Waals surface area contributed by atoms with E-state index in [0.717, 1.165) is 37.8 Å². The first-order chi connectivity index (χ1) is 12.0. The highest BCUT2D eigenvalue weighted by atomic mass is 16.2. The van der Waals surface area contributed by atoms with Gasteiger partial charge in [0.15, 0.2) is 0 Å². The molecule has 0 aromatic carbocycles. The summed E-state index contributed by atoms with van der Waals surface area (Å²) in [6, 6.07) is 1.60. The van der Waals surface area contributed by atoms with E-state index in [0.29, 0.717) is 24.2 Å². The molecule has 4 heterocycles. The second kappa shape index (κ2) is 6.25. The van der Waals surface area contributed by atoms with Gasteiger partial charge < -0.3 is 10.2 Å². The number of likely N-dealkylation sites (tertiary alicyclic amines) is 1. The molecule has 25 heavy (non-hydrogen) atoms. The predicted molar refractivity (Wildman–Crippen MR) is 92.0 cm³/mol. The molecule has 3 unspecified atom stereocenters. The third-order valence-corrected chi connectivity index (χ3v) is 5.38. The van der Waals surface area contributed by atoms with Gasteiger partial charge in [0.25, 0.3) is 0 Å². The standard InChI is InChI=1S/C17H24N6O2/c1-10(2)16-18-4-3-13(19-16)22-6-11-8-23(9-12(11)7-22)14-5-15(24)21-17(25)20-14/h3-4,10-12,14H,5-9H2,1-2H3,(H2,20,21,24,25). The molecule has 3 aliphatic heterocycles. The molecule has 4 rings (SSSR count). The lowest BCUT2D eigenvalue weighted by molar-refractivity contribution is -0.122. The zero-order valence-electron chi connectivity index (χ0n) is 14.6. The lowest BCUT2D eigenvalue weighted by Crippen LogP contribution is -2.58. The van der Waals surface area contributed by atoms with E-state index in [9.17, 15) is 9.59 Å². The first-order valence-corrected chi connectivity index (χ1v) is 8.92. The van der Waals surface area contributed by atoms with E-state index in [1.807, 2.05) is 12.3 Å². The Hall–Kier alpha value is -2.22. The van der Waals surface area contributed by atoms with Gasteiger partial charge in [-0.25, -0.2) is 14.8 Å². The normalized spacial score (nSPS) is 29.7. The van der Waals surface area contributed by atoms with Crippen LogP contribution in [0.2, 0.25) is 0 Å². The lowest BCUT2D eigenvalue weighted by atomic mass is 10.0. The van der Waals surface area contributed by atoms with Gasteiger partial charge in [-0.2, -0.15) is 0 Å². The maximum Gasteiger partial charge on any atom is 0.322 e. The van der Waals surface area contributed by atoms with Crippen molar-refractivity contribution in [2.45, 2.75) is 32.4 Å². The summed E-state index contributed by atoms with van der Waals surface area (Å²) >= 11 is 0. The van der Waals surface area contributed by atoms with Crippen LogP contribution in [0.3, 0.4) is 0 Å². The number of imide groups is 1. The number of nitrogens with zero attached hydrogens (tertiary/aromatic N) is 4. The van der Waals surface area contributed by atoms with Crippen molar-refractivity contribution in [3.63, 3.8) is 0 Å². The maximum atomic E-state index is 11.6. The number of carbonyl (C=O) groups excluding carboxylic acids is 2. The van der Waals surface area contributed by atoms with Crippen LogP contribution in [0.5, 0.6) is 0 Å². The number of nitrogens with one attached hydrogen (secondary N) is 2. The number of rotatable bonds is 3. The van der Waals surface area contributed by atoms with Crippen LogP contribution in [0.25, 0.3) is 0 Å². The average molecular weight is 344 g/mol. The van der Waals surface area contributed by atoms with Crippen molar-refractivity contribution in [2.75, 3.05) is 31.1 Å². The van der Waals surface area contributed by atoms with Crippen molar-refractivity contribution >= 4 is 17.8 Å². The van der Waals surface area contributed by atoms with Crippen LogP contribution in [0, 0.1) is 11.8 Å². The molecule has 8 heteroatoms. The summed E-state index contributed by atoms with van der Waals surface area (Å²) in [5, 5.41) is 5.15. The highest BCUT2D eigenvalue weighted by Crippen LogP contribution is 2.34. The Balaban J connectivity index is 1.40. The number of carbonyl (C=O) groups is 2. The molecule has 3 amide bonds. The van der Waals surface area contributed by atoms with Crippen molar-refractivity contribution in [1.82, 2.24) is 25.5 Å². The van der Waals surface area contributed by atoms with Gasteiger partial charge in [-0.3, -0.25) is 15.0 Å². The number of hydrogen-bond donors (Lipinski definition) is 2. The summed E-state index contributed by atoms with van der Waals surface area (Å²) in [4.78, 5) is 36.7. The Morgan fingerprint density at radius 3 is 2.52 bits per heavy atom. The third-order valence-electron chi connectivity index (χ3n) is 5.38. The second-order valence-electron chi connectivity index (χ2n) is 7.55. The van der Waals surface area contributed by atoms with Crippen LogP contribution in [0.1, 0.15) is 32.0 Å². The number of hydrogen-bond acceptors (Lipinski definition) is 6. The quantitative estimate of drug-likeness (QED) is 0.831. The summed E-state index contributed by atoms with van der Waals surface area (Å²) < 4.78 is 0. The molecule has 2 N–H and O–H groups in total. The minimum absolute atomic E-state index is 0.174. The van der Waals surface area contributed by atoms with Gasteiger partial charge in [0.2, 0.25) is 5.91 Å². The summed E-state index contributed by atoms with van der Waals surface area (Å²) in [7, 11) is 0. The van der Waals surface area contributed by atoms with E-state index >= 15 is 0 Å². The molecule has 1 aromatic heterocycles. The predicted octanol–water partition coefficient (Wildman–Crippen LogP) is 0.524. The number of urea groups is 1. The van der Waals surface area contributed by atoms with Crippen LogP contribution in [0.15, 0.2) is 12.3 Å². The van der Waals surface area contributed by atoms with E-state index in [2.05, 4.69) is 39.3 Å². The molecule has 0 spiro atoms. The van der Waals surface area contributed by atoms with Gasteiger partial charge >= 0.3 is 6.03 Å². The van der Waals surface area contributed by atoms with Crippen molar-refractivity contribution in [1.29, 1.82) is 0 Å². The molecule has 8 nitrogen and oxygen atoms in total. The molecule has 134 valence electrons. The van der Waals surface area contributed by atoms with E-state index in [-0.39, 0.29) is 18.1 Å². The minimum Gasteiger partial charge on any atom is -0.356 e. The average Bonchev–Trinajstić information content (AvgIpc) is 3.13. The fourth-order valence-corrected chi connectivity index (χ4v) is 4.10. The number of anilines is 1. The summed E-state index contributed by atoms with van der Waals surface area (Å²) in [5.74, 6) is 3.09. The highest BCUT2D eigenvalue weighted by molar-refractivity contribution is 5.97. The fourth-order valence-electron chi connectivity index (χ4n) is 4.10. The van der Waals surface area contributed by atoms with Gasteiger partial charge in [-0.15, -0.1) is 0 Å². The Morgan fingerprint density at radius 2 is 1.88 bits per heavy atom. The van der Waals surface area contributed by atoms with Crippen LogP contribution >= 0.6 is 0 Å². The maximum absolute atomic E-state index is 11.6. The van der Waals surface area contributed by atoms with Gasteiger partial charge in [0.1, 0.15) is 11.6 Å². The Bertz CT molecular complexity index is 663. The van der Waals surface area contributed by atoms with E-state index in [1.165, 1.54) is 0 Å². The smallest absolute Gasteiger partial charge is 0.322 e. The Labute approximate surface area is 147 Å². The number of fused-ring (bicyclic) bond motifs is 1. The summed E-state index contributed by atoms with van der Waals surface area (Å²) in [6.07, 6.45) is 2.00. The molecule has 1 aromatic rings. The van der Waals surface area contributed by atoms with Crippen molar-refractivity contribution in [3.8, 4) is 0 Å². The largest absolute Gasteiger partial charge is 0.356 e. The zero-order chi connectivity index (χ0) is 17.6. The fraction of sp³-hybridized carbons (Fsp3) is 0.647. The zero-order valence-corrected chi connectivity index (χ0v) is 14.6. The SMILES string of the molecule is CC(C)c1nccc(N2CC3CN(C4CC(=O)NC(=O)N4)CC3C2)n1. The molecule has 3 aliphatic rings. The van der Waals surface area contributed by atoms with Gasteiger partial charge in [0.05, 0.1) is 12.6 Å². The summed E-state index contributed by atoms with van der Waals surface area (Å²) in [6.45, 7) is 7.93. The molecule has 3 saturated heterocycles. The van der Waals surface area contributed by atoms with Crippen LogP contribution < -0.4 is 15.5 Å². The van der Waals surface area contributed by atoms with Crippen LogP contribution in [0.4, 0.5) is 10.6 Å². The Kier molecular flexibility index (Phi) is 4.07. The topological polar surface area (TPSA) is 90.5 Å².